The SMILES string of the molecule is Cc1ccc(S(=O)(=O)OCCCC(C)(F)F)cc1. The molecule has 102 valence electrons. The van der Waals surface area contributed by atoms with Gasteiger partial charge in [-0.25, -0.2) is 8.78 Å². The average molecular weight is 278 g/mol. The molecule has 0 radical (unpaired) electrons. The van der Waals surface area contributed by atoms with E-state index in [1.807, 2.05) is 6.92 Å². The van der Waals surface area contributed by atoms with Crippen LogP contribution in [0.25, 0.3) is 0 Å². The summed E-state index contributed by atoms with van der Waals surface area (Å²) in [6.07, 6.45) is -0.398. The summed E-state index contributed by atoms with van der Waals surface area (Å²) in [6, 6.07) is 6.16. The quantitative estimate of drug-likeness (QED) is 0.593. The van der Waals surface area contributed by atoms with Crippen LogP contribution in [0.2, 0.25) is 0 Å². The van der Waals surface area contributed by atoms with Gasteiger partial charge in [-0.1, -0.05) is 17.7 Å². The van der Waals surface area contributed by atoms with Gasteiger partial charge in [0.25, 0.3) is 10.1 Å². The van der Waals surface area contributed by atoms with Gasteiger partial charge < -0.3 is 0 Å². The van der Waals surface area contributed by atoms with Crippen LogP contribution in [0.1, 0.15) is 25.3 Å². The molecule has 0 bridgehead atoms. The maximum Gasteiger partial charge on any atom is 0.296 e. The number of benzene rings is 1. The summed E-state index contributed by atoms with van der Waals surface area (Å²) in [5.41, 5.74) is 0.930. The van der Waals surface area contributed by atoms with Crippen LogP contribution in [-0.4, -0.2) is 20.9 Å². The Morgan fingerprint density at radius 3 is 2.28 bits per heavy atom. The molecule has 0 amide bonds. The molecule has 1 aromatic rings. The predicted molar refractivity (Wildman–Crippen MR) is 64.2 cm³/mol. The van der Waals surface area contributed by atoms with Crippen molar-refractivity contribution in [1.29, 1.82) is 0 Å². The first-order valence-electron chi connectivity index (χ1n) is 5.55. The first-order chi connectivity index (χ1) is 8.21. The van der Waals surface area contributed by atoms with Crippen molar-refractivity contribution in [1.82, 2.24) is 0 Å². The van der Waals surface area contributed by atoms with Crippen molar-refractivity contribution in [3.63, 3.8) is 0 Å². The third kappa shape index (κ3) is 5.10. The van der Waals surface area contributed by atoms with E-state index in [-0.39, 0.29) is 17.9 Å². The highest BCUT2D eigenvalue weighted by Crippen LogP contribution is 2.19. The fourth-order valence-corrected chi connectivity index (χ4v) is 2.27. The Morgan fingerprint density at radius 2 is 1.78 bits per heavy atom. The molecule has 0 unspecified atom stereocenters. The lowest BCUT2D eigenvalue weighted by atomic mass is 10.2. The van der Waals surface area contributed by atoms with Gasteiger partial charge in [-0.05, 0) is 32.4 Å². The molecule has 0 aromatic heterocycles. The van der Waals surface area contributed by atoms with E-state index in [1.54, 1.807) is 12.1 Å². The molecule has 1 rings (SSSR count). The Bertz CT molecular complexity index is 475. The topological polar surface area (TPSA) is 43.4 Å². The van der Waals surface area contributed by atoms with Crippen LogP contribution >= 0.6 is 0 Å². The predicted octanol–water partition coefficient (Wildman–Crippen LogP) is 3.14. The monoisotopic (exact) mass is 278 g/mol. The molecule has 0 saturated carbocycles. The van der Waals surface area contributed by atoms with Crippen molar-refractivity contribution in [2.24, 2.45) is 0 Å². The van der Waals surface area contributed by atoms with Crippen LogP contribution in [0.15, 0.2) is 29.2 Å². The molecule has 1 aromatic carbocycles. The van der Waals surface area contributed by atoms with Crippen LogP contribution in [0.4, 0.5) is 8.78 Å². The van der Waals surface area contributed by atoms with Crippen LogP contribution in [0, 0.1) is 6.92 Å². The van der Waals surface area contributed by atoms with E-state index in [0.717, 1.165) is 12.5 Å². The zero-order valence-corrected chi connectivity index (χ0v) is 11.1. The molecular weight excluding hydrogens is 262 g/mol. The van der Waals surface area contributed by atoms with Crippen LogP contribution in [0.3, 0.4) is 0 Å². The summed E-state index contributed by atoms with van der Waals surface area (Å²) < 4.78 is 53.0. The van der Waals surface area contributed by atoms with Crippen molar-refractivity contribution in [2.75, 3.05) is 6.61 Å². The minimum absolute atomic E-state index is 0.00537. The Balaban J connectivity index is 2.53. The van der Waals surface area contributed by atoms with Gasteiger partial charge in [0.2, 0.25) is 5.92 Å². The van der Waals surface area contributed by atoms with Crippen molar-refractivity contribution < 1.29 is 21.4 Å². The lowest BCUT2D eigenvalue weighted by Gasteiger charge is -2.10. The second-order valence-electron chi connectivity index (χ2n) is 4.26. The minimum atomic E-state index is -3.84. The molecule has 0 aliphatic heterocycles. The van der Waals surface area contributed by atoms with E-state index in [1.165, 1.54) is 12.1 Å². The lowest BCUT2D eigenvalue weighted by molar-refractivity contribution is 0.00782. The molecule has 0 fully saturated rings. The second kappa shape index (κ2) is 5.75. The van der Waals surface area contributed by atoms with E-state index >= 15 is 0 Å². The summed E-state index contributed by atoms with van der Waals surface area (Å²) >= 11 is 0. The van der Waals surface area contributed by atoms with Crippen LogP contribution in [0.5, 0.6) is 0 Å². The number of hydrogen-bond donors (Lipinski definition) is 0. The Labute approximate surface area is 106 Å². The molecule has 18 heavy (non-hydrogen) atoms. The smallest absolute Gasteiger partial charge is 0.266 e. The van der Waals surface area contributed by atoms with E-state index < -0.39 is 22.5 Å². The van der Waals surface area contributed by atoms with Gasteiger partial charge in [-0.2, -0.15) is 8.42 Å². The molecule has 0 aliphatic rings. The normalized spacial score (nSPS) is 12.7. The van der Waals surface area contributed by atoms with Gasteiger partial charge in [-0.3, -0.25) is 4.18 Å². The maximum absolute atomic E-state index is 12.5. The molecule has 0 aliphatic carbocycles. The Kier molecular flexibility index (Phi) is 4.81. The standard InChI is InChI=1S/C12H16F2O3S/c1-10-4-6-11(7-5-10)18(15,16)17-9-3-8-12(2,13)14/h4-7H,3,8-9H2,1-2H3. The molecule has 0 N–H and O–H groups in total. The summed E-state index contributed by atoms with van der Waals surface area (Å²) in [6.45, 7) is 2.39. The van der Waals surface area contributed by atoms with E-state index in [0.29, 0.717) is 0 Å². The van der Waals surface area contributed by atoms with Crippen LogP contribution < -0.4 is 0 Å². The van der Waals surface area contributed by atoms with E-state index in [4.69, 9.17) is 0 Å². The minimum Gasteiger partial charge on any atom is -0.266 e. The largest absolute Gasteiger partial charge is 0.296 e. The first-order valence-corrected chi connectivity index (χ1v) is 6.95. The highest BCUT2D eigenvalue weighted by molar-refractivity contribution is 7.86. The van der Waals surface area contributed by atoms with Crippen LogP contribution in [-0.2, 0) is 14.3 Å². The molecular formula is C12H16F2O3S. The lowest BCUT2D eigenvalue weighted by Crippen LogP contribution is -2.13. The summed E-state index contributed by atoms with van der Waals surface area (Å²) in [5, 5.41) is 0. The Morgan fingerprint density at radius 1 is 1.22 bits per heavy atom. The fourth-order valence-electron chi connectivity index (χ4n) is 1.32. The van der Waals surface area contributed by atoms with E-state index in [2.05, 4.69) is 4.18 Å². The van der Waals surface area contributed by atoms with Crippen molar-refractivity contribution >= 4 is 10.1 Å². The van der Waals surface area contributed by atoms with Gasteiger partial charge >= 0.3 is 0 Å². The summed E-state index contributed by atoms with van der Waals surface area (Å²) in [7, 11) is -3.84. The summed E-state index contributed by atoms with van der Waals surface area (Å²) in [5.74, 6) is -2.79. The summed E-state index contributed by atoms with van der Waals surface area (Å²) in [4.78, 5) is 0.0383. The van der Waals surface area contributed by atoms with Crippen molar-refractivity contribution in [3.8, 4) is 0 Å². The van der Waals surface area contributed by atoms with Gasteiger partial charge in [0, 0.05) is 6.42 Å². The molecule has 0 atom stereocenters. The van der Waals surface area contributed by atoms with Gasteiger partial charge in [0.1, 0.15) is 0 Å². The molecule has 3 nitrogen and oxygen atoms in total. The molecule has 0 spiro atoms. The zero-order chi connectivity index (χ0) is 13.8. The molecule has 0 saturated heterocycles. The fraction of sp³-hybridized carbons (Fsp3) is 0.500. The van der Waals surface area contributed by atoms with Gasteiger partial charge in [0.15, 0.2) is 0 Å². The molecule has 0 heterocycles. The number of alkyl halides is 2. The second-order valence-corrected chi connectivity index (χ2v) is 5.88. The highest BCUT2D eigenvalue weighted by Gasteiger charge is 2.21. The van der Waals surface area contributed by atoms with Gasteiger partial charge in [-0.15, -0.1) is 0 Å². The first kappa shape index (κ1) is 15.0. The van der Waals surface area contributed by atoms with Crippen molar-refractivity contribution in [2.45, 2.75) is 37.5 Å². The third-order valence-electron chi connectivity index (χ3n) is 2.31. The van der Waals surface area contributed by atoms with Gasteiger partial charge in [0.05, 0.1) is 11.5 Å². The molecule has 6 heteroatoms. The highest BCUT2D eigenvalue weighted by atomic mass is 32.2. The van der Waals surface area contributed by atoms with E-state index in [9.17, 15) is 17.2 Å². The average Bonchev–Trinajstić information content (AvgIpc) is 2.24. The zero-order valence-electron chi connectivity index (χ0n) is 10.3. The number of rotatable bonds is 6. The maximum atomic E-state index is 12.5. The third-order valence-corrected chi connectivity index (χ3v) is 3.63. The number of aryl methyl sites for hydroxylation is 1. The number of hydrogen-bond acceptors (Lipinski definition) is 3. The Hall–Kier alpha value is -1.01. The number of halogens is 2. The van der Waals surface area contributed by atoms with Crippen molar-refractivity contribution in [3.05, 3.63) is 29.8 Å².